The number of piperazine rings is 1. The highest BCUT2D eigenvalue weighted by atomic mass is 35.5. The lowest BCUT2D eigenvalue weighted by atomic mass is 10.0. The van der Waals surface area contributed by atoms with Crippen LogP contribution < -0.4 is 15.6 Å². The van der Waals surface area contributed by atoms with Gasteiger partial charge in [0.1, 0.15) is 22.0 Å². The summed E-state index contributed by atoms with van der Waals surface area (Å²) in [5, 5.41) is 13.5. The smallest absolute Gasteiger partial charge is 0.407 e. The van der Waals surface area contributed by atoms with Crippen molar-refractivity contribution in [3.05, 3.63) is 20.5 Å². The van der Waals surface area contributed by atoms with Crippen molar-refractivity contribution in [2.45, 2.75) is 49.2 Å². The predicted molar refractivity (Wildman–Crippen MR) is 111 cm³/mol. The third kappa shape index (κ3) is 3.52. The van der Waals surface area contributed by atoms with Crippen LogP contribution in [-0.4, -0.2) is 68.1 Å². The zero-order chi connectivity index (χ0) is 20.9. The first kappa shape index (κ1) is 20.5. The normalized spacial score (nSPS) is 24.7. The van der Waals surface area contributed by atoms with Crippen LogP contribution in [0.4, 0.5) is 4.79 Å². The first-order chi connectivity index (χ1) is 13.8. The van der Waals surface area contributed by atoms with Crippen LogP contribution in [0.2, 0.25) is 10.2 Å². The predicted octanol–water partition coefficient (Wildman–Crippen LogP) is 2.60. The minimum atomic E-state index is -0.931. The number of amides is 1. The summed E-state index contributed by atoms with van der Waals surface area (Å²) in [6.45, 7) is 2.36. The van der Waals surface area contributed by atoms with Gasteiger partial charge in [-0.3, -0.25) is 9.69 Å². The zero-order valence-corrected chi connectivity index (χ0v) is 17.9. The summed E-state index contributed by atoms with van der Waals surface area (Å²) in [5.41, 5.74) is -0.219. The van der Waals surface area contributed by atoms with Gasteiger partial charge in [-0.15, -0.1) is 0 Å². The Hall–Kier alpha value is -1.75. The number of ether oxygens (including phenoxy) is 1. The number of carboxylic acid groups (broad SMARTS) is 1. The van der Waals surface area contributed by atoms with Gasteiger partial charge in [0.15, 0.2) is 10.3 Å². The Labute approximate surface area is 180 Å². The third-order valence-electron chi connectivity index (χ3n) is 5.47. The number of aromatic nitrogens is 3. The van der Waals surface area contributed by atoms with Crippen molar-refractivity contribution >= 4 is 52.0 Å². The largest absolute Gasteiger partial charge is 0.472 e. The van der Waals surface area contributed by atoms with Gasteiger partial charge in [0, 0.05) is 12.6 Å². The maximum absolute atomic E-state index is 12.6. The second kappa shape index (κ2) is 7.82. The molecule has 3 N–H and O–H groups in total. The first-order valence-electron chi connectivity index (χ1n) is 9.06. The Morgan fingerprint density at radius 2 is 2.14 bits per heavy atom. The van der Waals surface area contributed by atoms with Gasteiger partial charge in [0.25, 0.3) is 5.56 Å². The number of nitrogens with zero attached hydrogens (tertiary/aromatic N) is 3. The van der Waals surface area contributed by atoms with Crippen molar-refractivity contribution in [2.24, 2.45) is 0 Å². The Morgan fingerprint density at radius 1 is 1.38 bits per heavy atom. The molecule has 2 fully saturated rings. The molecular formula is C17H19Cl2N5O4S. The fourth-order valence-corrected chi connectivity index (χ4v) is 4.91. The van der Waals surface area contributed by atoms with Crippen LogP contribution in [0.3, 0.4) is 0 Å². The number of aromatic amines is 1. The van der Waals surface area contributed by atoms with Crippen molar-refractivity contribution in [3.63, 3.8) is 0 Å². The number of carbonyl (C=O) groups is 1. The van der Waals surface area contributed by atoms with E-state index in [9.17, 15) is 14.7 Å². The minimum absolute atomic E-state index is 0.0174. The third-order valence-corrected chi connectivity index (χ3v) is 6.78. The topological polar surface area (TPSA) is 120 Å². The molecule has 9 nitrogen and oxygen atoms in total. The van der Waals surface area contributed by atoms with Crippen LogP contribution in [0.1, 0.15) is 19.8 Å². The second-order valence-corrected chi connectivity index (χ2v) is 8.60. The molecule has 4 rings (SSSR count). The van der Waals surface area contributed by atoms with Gasteiger partial charge in [-0.1, -0.05) is 35.0 Å². The fraction of sp³-hybridized carbons (Fsp3) is 0.529. The molecule has 2 aromatic heterocycles. The molecule has 4 atom stereocenters. The fourth-order valence-electron chi connectivity index (χ4n) is 4.18. The van der Waals surface area contributed by atoms with E-state index in [1.165, 1.54) is 16.7 Å². The van der Waals surface area contributed by atoms with Crippen LogP contribution in [0, 0.1) is 0 Å². The number of fused-ring (bicyclic) bond motifs is 3. The lowest BCUT2D eigenvalue weighted by molar-refractivity contribution is 0.0544. The number of hydrogen-bond acceptors (Lipinski definition) is 7. The molecule has 0 aliphatic carbocycles. The molecule has 2 aliphatic rings. The van der Waals surface area contributed by atoms with E-state index < -0.39 is 17.8 Å². The Morgan fingerprint density at radius 3 is 2.83 bits per heavy atom. The van der Waals surface area contributed by atoms with Crippen molar-refractivity contribution in [1.82, 2.24) is 25.2 Å². The Bertz CT molecular complexity index is 1040. The minimum Gasteiger partial charge on any atom is -0.472 e. The van der Waals surface area contributed by atoms with Crippen molar-refractivity contribution in [1.29, 1.82) is 0 Å². The van der Waals surface area contributed by atoms with Crippen molar-refractivity contribution < 1.29 is 14.6 Å². The molecule has 4 heterocycles. The molecule has 0 unspecified atom stereocenters. The van der Waals surface area contributed by atoms with Crippen LogP contribution >= 0.6 is 35.0 Å². The van der Waals surface area contributed by atoms with E-state index in [4.69, 9.17) is 27.9 Å². The number of hydrogen-bond donors (Lipinski definition) is 3. The van der Waals surface area contributed by atoms with Gasteiger partial charge < -0.3 is 20.1 Å². The van der Waals surface area contributed by atoms with Crippen LogP contribution in [0.5, 0.6) is 5.88 Å². The van der Waals surface area contributed by atoms with Gasteiger partial charge in [-0.2, -0.15) is 4.98 Å². The SMILES string of the molecule is CSc1nc2c(Cl)c(Cl)nc(O[C@@H](C)[C@H]3NC[C@H]4CC[C@@H]3N4C(=O)O)c2c(=O)[nH]1. The number of halogens is 2. The summed E-state index contributed by atoms with van der Waals surface area (Å²) in [6, 6.07) is -0.495. The van der Waals surface area contributed by atoms with E-state index in [0.29, 0.717) is 11.7 Å². The van der Waals surface area contributed by atoms with Gasteiger partial charge in [-0.05, 0) is 26.0 Å². The summed E-state index contributed by atoms with van der Waals surface area (Å²) < 4.78 is 6.03. The quantitative estimate of drug-likeness (QED) is 0.362. The second-order valence-electron chi connectivity index (χ2n) is 7.07. The molecule has 0 radical (unpaired) electrons. The van der Waals surface area contributed by atoms with Crippen LogP contribution in [-0.2, 0) is 0 Å². The van der Waals surface area contributed by atoms with E-state index >= 15 is 0 Å². The number of H-pyrrole nitrogens is 1. The number of nitrogens with one attached hydrogen (secondary N) is 2. The van der Waals surface area contributed by atoms with E-state index in [-0.39, 0.29) is 45.1 Å². The number of rotatable bonds is 4. The molecule has 0 saturated carbocycles. The summed E-state index contributed by atoms with van der Waals surface area (Å²) in [6.07, 6.45) is 1.92. The maximum Gasteiger partial charge on any atom is 0.407 e. The monoisotopic (exact) mass is 459 g/mol. The highest BCUT2D eigenvalue weighted by Gasteiger charge is 2.47. The summed E-state index contributed by atoms with van der Waals surface area (Å²) in [5.74, 6) is 0.0205. The van der Waals surface area contributed by atoms with Gasteiger partial charge in [0.2, 0.25) is 5.88 Å². The molecule has 156 valence electrons. The summed E-state index contributed by atoms with van der Waals surface area (Å²) in [7, 11) is 0. The van der Waals surface area contributed by atoms with Gasteiger partial charge in [0.05, 0.1) is 12.1 Å². The molecule has 1 amide bonds. The van der Waals surface area contributed by atoms with Crippen LogP contribution in [0.15, 0.2) is 9.95 Å². The average molecular weight is 460 g/mol. The standard InChI is InChI=1S/C17H19Cl2N5O4S/c1-6(11-8-4-3-7(5-20-11)24(8)17(26)27)28-15-9-12(10(18)13(19)22-15)21-16(29-2)23-14(9)25/h6-8,11,20H,3-5H2,1-2H3,(H,26,27)(H,21,23,25)/t6-,7+,8-,11+/m0/s1. The molecule has 29 heavy (non-hydrogen) atoms. The number of pyridine rings is 1. The van der Waals surface area contributed by atoms with E-state index in [1.807, 2.05) is 6.92 Å². The zero-order valence-electron chi connectivity index (χ0n) is 15.6. The summed E-state index contributed by atoms with van der Waals surface area (Å²) >= 11 is 13.6. The van der Waals surface area contributed by atoms with Crippen molar-refractivity contribution in [3.8, 4) is 5.88 Å². The molecule has 2 aromatic rings. The van der Waals surface area contributed by atoms with Gasteiger partial charge in [-0.25, -0.2) is 9.78 Å². The van der Waals surface area contributed by atoms with E-state index in [1.54, 1.807) is 6.26 Å². The van der Waals surface area contributed by atoms with E-state index in [0.717, 1.165) is 12.8 Å². The molecule has 2 aliphatic heterocycles. The molecule has 12 heteroatoms. The highest BCUT2D eigenvalue weighted by Crippen LogP contribution is 2.35. The lowest BCUT2D eigenvalue weighted by Gasteiger charge is -2.41. The molecule has 2 bridgehead atoms. The average Bonchev–Trinajstić information content (AvgIpc) is 2.98. The van der Waals surface area contributed by atoms with E-state index in [2.05, 4.69) is 20.3 Å². The molecule has 0 spiro atoms. The molecular weight excluding hydrogens is 441 g/mol. The molecule has 2 saturated heterocycles. The highest BCUT2D eigenvalue weighted by molar-refractivity contribution is 7.98. The first-order valence-corrected chi connectivity index (χ1v) is 11.0. The Kier molecular flexibility index (Phi) is 5.54. The summed E-state index contributed by atoms with van der Waals surface area (Å²) in [4.78, 5) is 37.0. The maximum atomic E-state index is 12.6. The van der Waals surface area contributed by atoms with Gasteiger partial charge >= 0.3 is 6.09 Å². The number of thioether (sulfide) groups is 1. The Balaban J connectivity index is 1.70. The molecule has 0 aromatic carbocycles. The lowest BCUT2D eigenvalue weighted by Crippen LogP contribution is -2.63. The van der Waals surface area contributed by atoms with Crippen molar-refractivity contribution in [2.75, 3.05) is 12.8 Å². The van der Waals surface area contributed by atoms with Crippen LogP contribution in [0.25, 0.3) is 10.9 Å².